The van der Waals surface area contributed by atoms with Gasteiger partial charge in [0.25, 0.3) is 5.91 Å². The van der Waals surface area contributed by atoms with E-state index in [-0.39, 0.29) is 24.3 Å². The Morgan fingerprint density at radius 3 is 2.77 bits per heavy atom. The molecule has 136 valence electrons. The molecule has 1 aliphatic rings. The lowest BCUT2D eigenvalue weighted by Gasteiger charge is -2.17. The highest BCUT2D eigenvalue weighted by Gasteiger charge is 2.29. The standard InChI is InChI=1S/C21H24N2O3/c1-16-6-5-9-19(10-16)26-15-20(24)22-12-18-11-21(25)23(14-18)13-17-7-3-2-4-8-17/h2-10,18H,11-15H2,1H3,(H,22,24). The van der Waals surface area contributed by atoms with E-state index in [9.17, 15) is 9.59 Å². The van der Waals surface area contributed by atoms with Crippen LogP contribution < -0.4 is 10.1 Å². The second-order valence-corrected chi connectivity index (χ2v) is 6.74. The normalized spacial score (nSPS) is 16.6. The average Bonchev–Trinajstić information content (AvgIpc) is 2.99. The van der Waals surface area contributed by atoms with Crippen LogP contribution in [0.3, 0.4) is 0 Å². The summed E-state index contributed by atoms with van der Waals surface area (Å²) in [5, 5.41) is 2.87. The summed E-state index contributed by atoms with van der Waals surface area (Å²) >= 11 is 0. The van der Waals surface area contributed by atoms with Crippen LogP contribution in [0.4, 0.5) is 0 Å². The molecule has 1 heterocycles. The van der Waals surface area contributed by atoms with Crippen LogP contribution in [0.25, 0.3) is 0 Å². The van der Waals surface area contributed by atoms with Gasteiger partial charge >= 0.3 is 0 Å². The van der Waals surface area contributed by atoms with Gasteiger partial charge < -0.3 is 15.0 Å². The van der Waals surface area contributed by atoms with Crippen molar-refractivity contribution in [1.29, 1.82) is 0 Å². The van der Waals surface area contributed by atoms with Gasteiger partial charge in [0.1, 0.15) is 5.75 Å². The SMILES string of the molecule is Cc1cccc(OCC(=O)NCC2CC(=O)N(Cc3ccccc3)C2)c1. The van der Waals surface area contributed by atoms with E-state index in [0.29, 0.717) is 31.8 Å². The molecular weight excluding hydrogens is 328 g/mol. The maximum absolute atomic E-state index is 12.2. The zero-order chi connectivity index (χ0) is 18.4. The van der Waals surface area contributed by atoms with Crippen molar-refractivity contribution in [3.05, 3.63) is 65.7 Å². The Balaban J connectivity index is 1.40. The molecule has 2 aromatic rings. The molecule has 0 aromatic heterocycles. The van der Waals surface area contributed by atoms with E-state index in [0.717, 1.165) is 11.1 Å². The highest BCUT2D eigenvalue weighted by atomic mass is 16.5. The van der Waals surface area contributed by atoms with Crippen LogP contribution in [0.5, 0.6) is 5.75 Å². The number of carbonyl (C=O) groups is 2. The number of nitrogens with one attached hydrogen (secondary N) is 1. The Bertz CT molecular complexity index is 761. The molecule has 5 nitrogen and oxygen atoms in total. The lowest BCUT2D eigenvalue weighted by atomic mass is 10.1. The van der Waals surface area contributed by atoms with Gasteiger partial charge in [0.2, 0.25) is 5.91 Å². The Kier molecular flexibility index (Phi) is 5.89. The summed E-state index contributed by atoms with van der Waals surface area (Å²) in [6.07, 6.45) is 0.478. The molecule has 1 N–H and O–H groups in total. The third-order valence-corrected chi connectivity index (χ3v) is 4.46. The first-order chi connectivity index (χ1) is 12.6. The van der Waals surface area contributed by atoms with Crippen LogP contribution in [0.15, 0.2) is 54.6 Å². The lowest BCUT2D eigenvalue weighted by Crippen LogP contribution is -2.34. The van der Waals surface area contributed by atoms with E-state index in [2.05, 4.69) is 5.32 Å². The summed E-state index contributed by atoms with van der Waals surface area (Å²) in [5.74, 6) is 0.809. The summed E-state index contributed by atoms with van der Waals surface area (Å²) in [4.78, 5) is 26.0. The zero-order valence-electron chi connectivity index (χ0n) is 15.0. The first-order valence-corrected chi connectivity index (χ1v) is 8.88. The monoisotopic (exact) mass is 352 g/mol. The smallest absolute Gasteiger partial charge is 0.257 e. The number of likely N-dealkylation sites (tertiary alicyclic amines) is 1. The molecule has 1 unspecified atom stereocenters. The second kappa shape index (κ2) is 8.52. The van der Waals surface area contributed by atoms with Crippen LogP contribution in [-0.2, 0) is 16.1 Å². The number of rotatable bonds is 7. The second-order valence-electron chi connectivity index (χ2n) is 6.74. The molecule has 1 atom stereocenters. The number of carbonyl (C=O) groups excluding carboxylic acids is 2. The molecule has 0 spiro atoms. The molecule has 3 rings (SSSR count). The van der Waals surface area contributed by atoms with Gasteiger partial charge in [-0.05, 0) is 30.2 Å². The van der Waals surface area contributed by atoms with E-state index in [4.69, 9.17) is 4.74 Å². The van der Waals surface area contributed by atoms with Gasteiger partial charge in [-0.1, -0.05) is 42.5 Å². The molecule has 5 heteroatoms. The van der Waals surface area contributed by atoms with Crippen LogP contribution in [0, 0.1) is 12.8 Å². The fraction of sp³-hybridized carbons (Fsp3) is 0.333. The third-order valence-electron chi connectivity index (χ3n) is 4.46. The number of nitrogens with zero attached hydrogens (tertiary/aromatic N) is 1. The number of hydrogen-bond acceptors (Lipinski definition) is 3. The van der Waals surface area contributed by atoms with Crippen molar-refractivity contribution in [1.82, 2.24) is 10.2 Å². The van der Waals surface area contributed by atoms with Gasteiger partial charge in [0.15, 0.2) is 6.61 Å². The van der Waals surface area contributed by atoms with Crippen molar-refractivity contribution in [3.63, 3.8) is 0 Å². The van der Waals surface area contributed by atoms with Gasteiger partial charge in [-0.2, -0.15) is 0 Å². The highest BCUT2D eigenvalue weighted by molar-refractivity contribution is 5.79. The van der Waals surface area contributed by atoms with Crippen molar-refractivity contribution in [2.45, 2.75) is 19.9 Å². The predicted molar refractivity (Wildman–Crippen MR) is 99.6 cm³/mol. The zero-order valence-corrected chi connectivity index (χ0v) is 15.0. The number of ether oxygens (including phenoxy) is 1. The van der Waals surface area contributed by atoms with Gasteiger partial charge in [0, 0.05) is 32.0 Å². The van der Waals surface area contributed by atoms with Crippen molar-refractivity contribution in [3.8, 4) is 5.75 Å². The first-order valence-electron chi connectivity index (χ1n) is 8.88. The molecule has 0 aliphatic carbocycles. The van der Waals surface area contributed by atoms with Crippen molar-refractivity contribution < 1.29 is 14.3 Å². The van der Waals surface area contributed by atoms with Crippen LogP contribution in [0.2, 0.25) is 0 Å². The maximum atomic E-state index is 12.2. The summed E-state index contributed by atoms with van der Waals surface area (Å²) < 4.78 is 5.50. The molecule has 1 fully saturated rings. The minimum absolute atomic E-state index is 0.0160. The molecule has 26 heavy (non-hydrogen) atoms. The number of benzene rings is 2. The highest BCUT2D eigenvalue weighted by Crippen LogP contribution is 2.19. The molecule has 2 amide bonds. The quantitative estimate of drug-likeness (QED) is 0.833. The molecule has 0 radical (unpaired) electrons. The van der Waals surface area contributed by atoms with E-state index < -0.39 is 0 Å². The van der Waals surface area contributed by atoms with E-state index in [1.54, 1.807) is 0 Å². The van der Waals surface area contributed by atoms with Crippen molar-refractivity contribution >= 4 is 11.8 Å². The Morgan fingerprint density at radius 1 is 1.19 bits per heavy atom. The summed E-state index contributed by atoms with van der Waals surface area (Å²) in [6.45, 7) is 3.75. The van der Waals surface area contributed by atoms with Crippen LogP contribution >= 0.6 is 0 Å². The molecule has 0 saturated carbocycles. The molecule has 0 bridgehead atoms. The predicted octanol–water partition coefficient (Wildman–Crippen LogP) is 2.54. The first kappa shape index (κ1) is 18.0. The van der Waals surface area contributed by atoms with Crippen LogP contribution in [0.1, 0.15) is 17.5 Å². The van der Waals surface area contributed by atoms with Gasteiger partial charge in [0.05, 0.1) is 0 Å². The van der Waals surface area contributed by atoms with Crippen molar-refractivity contribution in [2.24, 2.45) is 5.92 Å². The molecule has 2 aromatic carbocycles. The maximum Gasteiger partial charge on any atom is 0.257 e. The minimum Gasteiger partial charge on any atom is -0.484 e. The fourth-order valence-corrected chi connectivity index (χ4v) is 3.11. The number of aryl methyl sites for hydroxylation is 1. The van der Waals surface area contributed by atoms with E-state index in [1.807, 2.05) is 66.4 Å². The third kappa shape index (κ3) is 5.09. The molecule has 1 aliphatic heterocycles. The van der Waals surface area contributed by atoms with E-state index in [1.165, 1.54) is 0 Å². The van der Waals surface area contributed by atoms with Crippen LogP contribution in [-0.4, -0.2) is 36.4 Å². The summed E-state index contributed by atoms with van der Waals surface area (Å²) in [6, 6.07) is 17.5. The molecular formula is C21H24N2O3. The summed E-state index contributed by atoms with van der Waals surface area (Å²) in [7, 11) is 0. The minimum atomic E-state index is -0.166. The Labute approximate surface area is 154 Å². The fourth-order valence-electron chi connectivity index (χ4n) is 3.11. The topological polar surface area (TPSA) is 58.6 Å². The largest absolute Gasteiger partial charge is 0.484 e. The van der Waals surface area contributed by atoms with Gasteiger partial charge in [-0.15, -0.1) is 0 Å². The molecule has 1 saturated heterocycles. The Morgan fingerprint density at radius 2 is 2.00 bits per heavy atom. The van der Waals surface area contributed by atoms with Gasteiger partial charge in [-0.25, -0.2) is 0 Å². The van der Waals surface area contributed by atoms with Gasteiger partial charge in [-0.3, -0.25) is 9.59 Å². The number of amides is 2. The average molecular weight is 352 g/mol. The van der Waals surface area contributed by atoms with Crippen molar-refractivity contribution in [2.75, 3.05) is 19.7 Å². The van der Waals surface area contributed by atoms with E-state index >= 15 is 0 Å². The number of hydrogen-bond donors (Lipinski definition) is 1. The Hall–Kier alpha value is -2.82. The lowest BCUT2D eigenvalue weighted by molar-refractivity contribution is -0.128. The summed E-state index contributed by atoms with van der Waals surface area (Å²) in [5.41, 5.74) is 2.21.